The minimum Gasteiger partial charge on any atom is -0.467 e. The van der Waals surface area contributed by atoms with Gasteiger partial charge in [-0.1, -0.05) is 6.07 Å². The van der Waals surface area contributed by atoms with Crippen molar-refractivity contribution in [3.63, 3.8) is 0 Å². The summed E-state index contributed by atoms with van der Waals surface area (Å²) < 4.78 is 5.14. The second-order valence-corrected chi connectivity index (χ2v) is 4.99. The van der Waals surface area contributed by atoms with Crippen LogP contribution in [0.2, 0.25) is 0 Å². The van der Waals surface area contributed by atoms with E-state index in [-0.39, 0.29) is 11.0 Å². The predicted molar refractivity (Wildman–Crippen MR) is 79.6 cm³/mol. The molecule has 1 amide bonds. The van der Waals surface area contributed by atoms with Gasteiger partial charge in [0.05, 0.1) is 12.8 Å². The van der Waals surface area contributed by atoms with Crippen LogP contribution in [0.1, 0.15) is 10.6 Å². The first-order valence-electron chi connectivity index (χ1n) is 5.57. The van der Waals surface area contributed by atoms with Crippen molar-refractivity contribution < 1.29 is 9.21 Å². The van der Waals surface area contributed by atoms with Crippen LogP contribution in [0.4, 0.5) is 0 Å². The number of carbonyl (C=O) groups excluding carboxylic acids is 1. The molecule has 0 atom stereocenters. The van der Waals surface area contributed by atoms with Crippen molar-refractivity contribution >= 4 is 40.7 Å². The molecule has 6 heteroatoms. The number of amides is 1. The predicted octanol–water partition coefficient (Wildman–Crippen LogP) is 2.55. The van der Waals surface area contributed by atoms with Crippen molar-refractivity contribution in [2.24, 2.45) is 0 Å². The molecule has 19 heavy (non-hydrogen) atoms. The third-order valence-corrected chi connectivity index (χ3v) is 3.27. The van der Waals surface area contributed by atoms with Crippen LogP contribution in [0, 0.1) is 0 Å². The van der Waals surface area contributed by atoms with Crippen LogP contribution in [-0.2, 0) is 11.3 Å². The normalized spacial score (nSPS) is 10.5. The van der Waals surface area contributed by atoms with Gasteiger partial charge in [-0.2, -0.15) is 0 Å². The average Bonchev–Trinajstić information content (AvgIpc) is 3.07. The molecule has 0 fully saturated rings. The molecule has 2 aromatic rings. The zero-order valence-electron chi connectivity index (χ0n) is 9.96. The van der Waals surface area contributed by atoms with Gasteiger partial charge in [0.15, 0.2) is 5.11 Å². The first-order chi connectivity index (χ1) is 9.24. The Bertz CT molecular complexity index is 559. The van der Waals surface area contributed by atoms with E-state index in [0.29, 0.717) is 6.54 Å². The SMILES string of the molecule is O=C(C=Cc1cccs1)NC(=S)NCc1ccco1. The smallest absolute Gasteiger partial charge is 0.250 e. The maximum absolute atomic E-state index is 11.6. The fourth-order valence-corrected chi connectivity index (χ4v) is 2.11. The molecule has 0 bridgehead atoms. The molecule has 2 heterocycles. The summed E-state index contributed by atoms with van der Waals surface area (Å²) in [6, 6.07) is 7.48. The lowest BCUT2D eigenvalue weighted by Gasteiger charge is -2.05. The van der Waals surface area contributed by atoms with E-state index in [1.54, 1.807) is 29.7 Å². The van der Waals surface area contributed by atoms with Crippen molar-refractivity contribution in [1.82, 2.24) is 10.6 Å². The molecule has 0 saturated heterocycles. The van der Waals surface area contributed by atoms with Crippen LogP contribution in [0.5, 0.6) is 0 Å². The van der Waals surface area contributed by atoms with Gasteiger partial charge in [-0.25, -0.2) is 0 Å². The number of hydrogen-bond acceptors (Lipinski definition) is 4. The van der Waals surface area contributed by atoms with E-state index in [9.17, 15) is 4.79 Å². The zero-order valence-corrected chi connectivity index (χ0v) is 11.6. The minimum absolute atomic E-state index is 0.259. The summed E-state index contributed by atoms with van der Waals surface area (Å²) in [4.78, 5) is 12.6. The monoisotopic (exact) mass is 292 g/mol. The molecular weight excluding hydrogens is 280 g/mol. The summed E-state index contributed by atoms with van der Waals surface area (Å²) in [6.45, 7) is 0.445. The number of nitrogens with one attached hydrogen (secondary N) is 2. The summed E-state index contributed by atoms with van der Waals surface area (Å²) in [5.41, 5.74) is 0. The van der Waals surface area contributed by atoms with Crippen LogP contribution in [0.3, 0.4) is 0 Å². The van der Waals surface area contributed by atoms with Gasteiger partial charge in [-0.05, 0) is 41.9 Å². The number of carbonyl (C=O) groups is 1. The van der Waals surface area contributed by atoms with Crippen molar-refractivity contribution in [2.75, 3.05) is 0 Å². The highest BCUT2D eigenvalue weighted by molar-refractivity contribution is 7.80. The Morgan fingerprint density at radius 2 is 2.32 bits per heavy atom. The molecule has 0 unspecified atom stereocenters. The Balaban J connectivity index is 1.74. The van der Waals surface area contributed by atoms with Gasteiger partial charge < -0.3 is 9.73 Å². The lowest BCUT2D eigenvalue weighted by Crippen LogP contribution is -2.37. The topological polar surface area (TPSA) is 54.3 Å². The second-order valence-electron chi connectivity index (χ2n) is 3.60. The highest BCUT2D eigenvalue weighted by Crippen LogP contribution is 2.09. The fourth-order valence-electron chi connectivity index (χ4n) is 1.32. The summed E-state index contributed by atoms with van der Waals surface area (Å²) >= 11 is 6.57. The molecule has 2 aromatic heterocycles. The Morgan fingerprint density at radius 3 is 3.00 bits per heavy atom. The van der Waals surface area contributed by atoms with Crippen molar-refractivity contribution in [3.8, 4) is 0 Å². The molecule has 98 valence electrons. The minimum atomic E-state index is -0.259. The van der Waals surface area contributed by atoms with E-state index >= 15 is 0 Å². The first-order valence-corrected chi connectivity index (χ1v) is 6.85. The van der Waals surface area contributed by atoms with Gasteiger partial charge in [0.2, 0.25) is 5.91 Å². The molecule has 0 spiro atoms. The fraction of sp³-hybridized carbons (Fsp3) is 0.0769. The molecule has 4 nitrogen and oxygen atoms in total. The van der Waals surface area contributed by atoms with E-state index in [0.717, 1.165) is 10.6 Å². The molecule has 0 radical (unpaired) electrons. The highest BCUT2D eigenvalue weighted by Gasteiger charge is 2.01. The van der Waals surface area contributed by atoms with E-state index in [1.807, 2.05) is 23.6 Å². The highest BCUT2D eigenvalue weighted by atomic mass is 32.1. The van der Waals surface area contributed by atoms with Gasteiger partial charge >= 0.3 is 0 Å². The zero-order chi connectivity index (χ0) is 13.5. The molecular formula is C13H12N2O2S2. The molecule has 2 rings (SSSR count). The number of thiophene rings is 1. The molecule has 0 saturated carbocycles. The van der Waals surface area contributed by atoms with Gasteiger partial charge in [0, 0.05) is 11.0 Å². The lowest BCUT2D eigenvalue weighted by atomic mass is 10.4. The number of hydrogen-bond donors (Lipinski definition) is 2. The summed E-state index contributed by atoms with van der Waals surface area (Å²) in [5.74, 6) is 0.496. The quantitative estimate of drug-likeness (QED) is 0.672. The van der Waals surface area contributed by atoms with Gasteiger partial charge in [0.25, 0.3) is 0 Å². The summed E-state index contributed by atoms with van der Waals surface area (Å²) in [5, 5.41) is 7.67. The van der Waals surface area contributed by atoms with Crippen LogP contribution >= 0.6 is 23.6 Å². The Kier molecular flexibility index (Phi) is 4.88. The molecule has 0 aromatic carbocycles. The van der Waals surface area contributed by atoms with Crippen LogP contribution in [-0.4, -0.2) is 11.0 Å². The third-order valence-electron chi connectivity index (χ3n) is 2.18. The van der Waals surface area contributed by atoms with E-state index in [2.05, 4.69) is 10.6 Å². The van der Waals surface area contributed by atoms with Crippen LogP contribution in [0.25, 0.3) is 6.08 Å². The lowest BCUT2D eigenvalue weighted by molar-refractivity contribution is -0.115. The second kappa shape index (κ2) is 6.86. The number of rotatable bonds is 4. The largest absolute Gasteiger partial charge is 0.467 e. The number of thiocarbonyl (C=S) groups is 1. The maximum atomic E-state index is 11.6. The Hall–Kier alpha value is -1.92. The van der Waals surface area contributed by atoms with Crippen LogP contribution in [0.15, 0.2) is 46.4 Å². The van der Waals surface area contributed by atoms with Gasteiger partial charge in [-0.3, -0.25) is 10.1 Å². The van der Waals surface area contributed by atoms with Gasteiger partial charge in [-0.15, -0.1) is 11.3 Å². The van der Waals surface area contributed by atoms with Crippen molar-refractivity contribution in [2.45, 2.75) is 6.54 Å². The Labute approximate surface area is 120 Å². The molecule has 2 N–H and O–H groups in total. The maximum Gasteiger partial charge on any atom is 0.250 e. The average molecular weight is 292 g/mol. The first kappa shape index (κ1) is 13.5. The molecule has 0 aliphatic carbocycles. The summed E-state index contributed by atoms with van der Waals surface area (Å²) in [6.07, 6.45) is 4.78. The standard InChI is InChI=1S/C13H12N2O2S2/c16-12(6-5-11-4-2-8-19-11)15-13(18)14-9-10-3-1-7-17-10/h1-8H,9H2,(H2,14,15,16,18). The van der Waals surface area contributed by atoms with Crippen molar-refractivity contribution in [3.05, 3.63) is 52.6 Å². The third kappa shape index (κ3) is 4.69. The van der Waals surface area contributed by atoms with E-state index in [4.69, 9.17) is 16.6 Å². The van der Waals surface area contributed by atoms with Gasteiger partial charge in [0.1, 0.15) is 5.76 Å². The van der Waals surface area contributed by atoms with E-state index < -0.39 is 0 Å². The van der Waals surface area contributed by atoms with Crippen molar-refractivity contribution in [1.29, 1.82) is 0 Å². The summed E-state index contributed by atoms with van der Waals surface area (Å²) in [7, 11) is 0. The van der Waals surface area contributed by atoms with E-state index in [1.165, 1.54) is 6.08 Å². The molecule has 0 aliphatic rings. The van der Waals surface area contributed by atoms with Crippen LogP contribution < -0.4 is 10.6 Å². The molecule has 0 aliphatic heterocycles. The number of furan rings is 1. The Morgan fingerprint density at radius 1 is 1.42 bits per heavy atom.